The largest absolute Gasteiger partial charge is 0.480 e. The molecule has 0 saturated carbocycles. The monoisotopic (exact) mass is 141 g/mol. The minimum absolute atomic E-state index is 0.278. The van der Waals surface area contributed by atoms with Gasteiger partial charge in [-0.05, 0) is 0 Å². The number of rotatable bonds is 2. The fourth-order valence-corrected chi connectivity index (χ4v) is 0. The maximum Gasteiger partial charge on any atom is 0.317 e. The number of carboxylic acids is 1. The Morgan fingerprint density at radius 2 is 2.00 bits per heavy atom. The number of hydrogen-bond acceptors (Lipinski definition) is 2. The molecule has 0 rings (SSSR count). The van der Waals surface area contributed by atoms with Crippen molar-refractivity contribution in [2.45, 2.75) is 17.0 Å². The SMILES string of the molecule is CC[CH2][Na].NCC(=O)O. The molecule has 4 heteroatoms. The van der Waals surface area contributed by atoms with Crippen LogP contribution in [0.2, 0.25) is 3.67 Å². The van der Waals surface area contributed by atoms with Crippen LogP contribution in [-0.4, -0.2) is 45.6 Å². The van der Waals surface area contributed by atoms with E-state index in [0.717, 1.165) is 0 Å². The van der Waals surface area contributed by atoms with Crippen LogP contribution in [-0.2, 0) is 4.79 Å². The van der Waals surface area contributed by atoms with Crippen molar-refractivity contribution in [2.24, 2.45) is 5.73 Å². The molecule has 0 amide bonds. The van der Waals surface area contributed by atoms with E-state index in [1.54, 1.807) is 0 Å². The van der Waals surface area contributed by atoms with E-state index in [9.17, 15) is 4.79 Å². The Labute approximate surface area is 73.0 Å². The van der Waals surface area contributed by atoms with Crippen LogP contribution in [0.15, 0.2) is 0 Å². The first-order valence-corrected chi connectivity index (χ1v) is 4.52. The van der Waals surface area contributed by atoms with Gasteiger partial charge in [-0.3, -0.25) is 4.79 Å². The van der Waals surface area contributed by atoms with Gasteiger partial charge in [-0.25, -0.2) is 0 Å². The minimum Gasteiger partial charge on any atom is -0.480 e. The van der Waals surface area contributed by atoms with Gasteiger partial charge < -0.3 is 10.8 Å². The molecule has 50 valence electrons. The van der Waals surface area contributed by atoms with Gasteiger partial charge >= 0.3 is 50.9 Å². The molecule has 0 atom stereocenters. The molecule has 0 aliphatic heterocycles. The molecule has 9 heavy (non-hydrogen) atoms. The second kappa shape index (κ2) is 11.3. The summed E-state index contributed by atoms with van der Waals surface area (Å²) in [5, 5.41) is 7.60. The normalized spacial score (nSPS) is 7.56. The van der Waals surface area contributed by atoms with Gasteiger partial charge in [0.15, 0.2) is 0 Å². The van der Waals surface area contributed by atoms with Gasteiger partial charge in [0, 0.05) is 0 Å². The van der Waals surface area contributed by atoms with Crippen molar-refractivity contribution in [3.8, 4) is 0 Å². The first kappa shape index (κ1) is 12.1. The maximum atomic E-state index is 9.24. The Balaban J connectivity index is 0. The van der Waals surface area contributed by atoms with Crippen LogP contribution in [0.3, 0.4) is 0 Å². The predicted octanol–water partition coefficient (Wildman–Crippen LogP) is 0.0129. The number of carbonyl (C=O) groups is 1. The summed E-state index contributed by atoms with van der Waals surface area (Å²) in [5.41, 5.74) is 4.57. The molecule has 0 aromatic heterocycles. The number of aliphatic carboxylic acids is 1. The molecule has 0 heterocycles. The summed E-state index contributed by atoms with van der Waals surface area (Å²) >= 11 is 1.39. The van der Waals surface area contributed by atoms with E-state index < -0.39 is 5.97 Å². The predicted molar refractivity (Wildman–Crippen MR) is 37.5 cm³/mol. The molecule has 0 aliphatic carbocycles. The number of hydrogen-bond donors (Lipinski definition) is 2. The third-order valence-corrected chi connectivity index (χ3v) is 1.67. The Morgan fingerprint density at radius 1 is 1.78 bits per heavy atom. The van der Waals surface area contributed by atoms with Crippen molar-refractivity contribution in [2.75, 3.05) is 6.54 Å². The van der Waals surface area contributed by atoms with Crippen molar-refractivity contribution in [1.29, 1.82) is 0 Å². The van der Waals surface area contributed by atoms with Crippen LogP contribution in [0.25, 0.3) is 0 Å². The summed E-state index contributed by atoms with van der Waals surface area (Å²) < 4.78 is 1.46. The second-order valence-corrected chi connectivity index (χ2v) is 2.60. The van der Waals surface area contributed by atoms with E-state index in [4.69, 9.17) is 5.11 Å². The first-order chi connectivity index (χ1) is 4.18. The summed E-state index contributed by atoms with van der Waals surface area (Å²) in [5.74, 6) is -0.968. The van der Waals surface area contributed by atoms with Crippen molar-refractivity contribution < 1.29 is 9.90 Å². The molecule has 0 fully saturated rings. The quantitative estimate of drug-likeness (QED) is 0.532. The molecule has 0 spiro atoms. The average molecular weight is 141 g/mol. The molecular formula is C5H12NNaO2. The van der Waals surface area contributed by atoms with E-state index in [1.165, 1.54) is 38.0 Å². The molecule has 0 bridgehead atoms. The summed E-state index contributed by atoms with van der Waals surface area (Å²) in [6.45, 7) is 1.94. The Kier molecular flexibility index (Phi) is 15.2. The topological polar surface area (TPSA) is 63.3 Å². The zero-order chi connectivity index (χ0) is 7.70. The third-order valence-electron chi connectivity index (χ3n) is 0.675. The molecule has 0 unspecified atom stereocenters. The molecule has 0 aliphatic rings. The zero-order valence-corrected chi connectivity index (χ0v) is 8.05. The van der Waals surface area contributed by atoms with Gasteiger partial charge in [-0.15, -0.1) is 0 Å². The molecule has 0 saturated heterocycles. The van der Waals surface area contributed by atoms with Gasteiger partial charge in [0.25, 0.3) is 0 Å². The summed E-state index contributed by atoms with van der Waals surface area (Å²) in [6.07, 6.45) is 1.38. The van der Waals surface area contributed by atoms with E-state index in [2.05, 4.69) is 12.7 Å². The second-order valence-electron chi connectivity index (χ2n) is 1.60. The Hall–Kier alpha value is 0.430. The van der Waals surface area contributed by atoms with Gasteiger partial charge in [0.2, 0.25) is 0 Å². The zero-order valence-electron chi connectivity index (χ0n) is 6.05. The van der Waals surface area contributed by atoms with Crippen molar-refractivity contribution in [3.63, 3.8) is 0 Å². The van der Waals surface area contributed by atoms with Gasteiger partial charge in [-0.1, -0.05) is 0 Å². The molecule has 0 aromatic rings. The van der Waals surface area contributed by atoms with Crippen molar-refractivity contribution >= 4 is 33.9 Å². The molecule has 3 nitrogen and oxygen atoms in total. The summed E-state index contributed by atoms with van der Waals surface area (Å²) in [6, 6.07) is 0. The first-order valence-electron chi connectivity index (χ1n) is 3.10. The summed E-state index contributed by atoms with van der Waals surface area (Å²) in [7, 11) is 0. The van der Waals surface area contributed by atoms with Crippen LogP contribution in [0.5, 0.6) is 0 Å². The van der Waals surface area contributed by atoms with Crippen molar-refractivity contribution in [1.82, 2.24) is 0 Å². The minimum atomic E-state index is -0.968. The van der Waals surface area contributed by atoms with E-state index in [1.807, 2.05) is 0 Å². The average Bonchev–Trinajstić information content (AvgIpc) is 1.89. The number of nitrogens with two attached hydrogens (primary N) is 1. The Morgan fingerprint density at radius 3 is 2.00 bits per heavy atom. The third kappa shape index (κ3) is 29.6. The fraction of sp³-hybridized carbons (Fsp3) is 0.800. The van der Waals surface area contributed by atoms with E-state index in [0.29, 0.717) is 0 Å². The maximum absolute atomic E-state index is 9.24. The summed E-state index contributed by atoms with van der Waals surface area (Å²) in [4.78, 5) is 9.24. The molecule has 3 N–H and O–H groups in total. The standard InChI is InChI=1S/C3H7.C2H5NO2.Na/c1-3-2;3-1-2(4)5;/h1,3H2,2H3;1,3H2,(H,4,5);. The van der Waals surface area contributed by atoms with Gasteiger partial charge in [-0.2, -0.15) is 0 Å². The fourth-order valence-electron chi connectivity index (χ4n) is 0. The van der Waals surface area contributed by atoms with E-state index >= 15 is 0 Å². The van der Waals surface area contributed by atoms with E-state index in [-0.39, 0.29) is 6.54 Å². The van der Waals surface area contributed by atoms with Crippen LogP contribution in [0.4, 0.5) is 0 Å². The molecule has 0 radical (unpaired) electrons. The van der Waals surface area contributed by atoms with Gasteiger partial charge in [0.05, 0.1) is 6.54 Å². The van der Waals surface area contributed by atoms with Crippen LogP contribution in [0, 0.1) is 0 Å². The van der Waals surface area contributed by atoms with Crippen molar-refractivity contribution in [3.05, 3.63) is 0 Å². The van der Waals surface area contributed by atoms with Gasteiger partial charge in [0.1, 0.15) is 0 Å². The Bertz CT molecular complexity index is 66.0. The van der Waals surface area contributed by atoms with Crippen LogP contribution < -0.4 is 5.73 Å². The molecule has 0 aromatic carbocycles. The smallest absolute Gasteiger partial charge is 0.317 e. The number of carboxylic acid groups (broad SMARTS) is 1. The van der Waals surface area contributed by atoms with Crippen LogP contribution in [0.1, 0.15) is 13.3 Å². The molecular weight excluding hydrogens is 129 g/mol. The van der Waals surface area contributed by atoms with Crippen LogP contribution >= 0.6 is 0 Å².